The maximum Gasteiger partial charge on any atom is 0.257 e. The zero-order valence-electron chi connectivity index (χ0n) is 11.9. The van der Waals surface area contributed by atoms with Crippen molar-refractivity contribution in [2.45, 2.75) is 25.9 Å². The standard InChI is InChI=1S/C15H21N3O2/c1-11-8-18(9-12(2)16-11)10-14(19)17-15(20)13-6-4-3-5-7-13/h3-7,11-12,16H,8-10H2,1-2H3,(H,17,19,20). The van der Waals surface area contributed by atoms with Crippen LogP contribution in [0.25, 0.3) is 0 Å². The first kappa shape index (κ1) is 14.7. The number of hydrogen-bond acceptors (Lipinski definition) is 4. The second-order valence-electron chi connectivity index (χ2n) is 5.41. The number of carbonyl (C=O) groups excluding carboxylic acids is 2. The van der Waals surface area contributed by atoms with Crippen molar-refractivity contribution < 1.29 is 9.59 Å². The molecule has 5 nitrogen and oxygen atoms in total. The average Bonchev–Trinajstić information content (AvgIpc) is 2.38. The van der Waals surface area contributed by atoms with Gasteiger partial charge in [-0.3, -0.25) is 19.8 Å². The summed E-state index contributed by atoms with van der Waals surface area (Å²) in [6.45, 7) is 6.08. The van der Waals surface area contributed by atoms with Gasteiger partial charge in [0.1, 0.15) is 0 Å². The van der Waals surface area contributed by atoms with E-state index >= 15 is 0 Å². The van der Waals surface area contributed by atoms with Crippen LogP contribution < -0.4 is 10.6 Å². The second-order valence-corrected chi connectivity index (χ2v) is 5.41. The van der Waals surface area contributed by atoms with Gasteiger partial charge in [0.2, 0.25) is 5.91 Å². The molecule has 1 aliphatic rings. The van der Waals surface area contributed by atoms with Gasteiger partial charge in [0, 0.05) is 30.7 Å². The number of carbonyl (C=O) groups is 2. The number of nitrogens with one attached hydrogen (secondary N) is 2. The molecule has 20 heavy (non-hydrogen) atoms. The molecule has 0 bridgehead atoms. The van der Waals surface area contributed by atoms with Crippen molar-refractivity contribution in [1.29, 1.82) is 0 Å². The summed E-state index contributed by atoms with van der Waals surface area (Å²) in [6.07, 6.45) is 0. The molecule has 1 heterocycles. The Kier molecular flexibility index (Phi) is 4.87. The first-order valence-corrected chi connectivity index (χ1v) is 6.92. The van der Waals surface area contributed by atoms with Gasteiger partial charge >= 0.3 is 0 Å². The summed E-state index contributed by atoms with van der Waals surface area (Å²) in [5.41, 5.74) is 0.503. The topological polar surface area (TPSA) is 61.4 Å². The number of benzene rings is 1. The Bertz CT molecular complexity index is 465. The molecule has 1 aromatic rings. The lowest BCUT2D eigenvalue weighted by Crippen LogP contribution is -2.56. The third-order valence-corrected chi connectivity index (χ3v) is 3.29. The molecule has 1 saturated heterocycles. The molecule has 1 fully saturated rings. The van der Waals surface area contributed by atoms with Crippen LogP contribution in [0.15, 0.2) is 30.3 Å². The van der Waals surface area contributed by atoms with Crippen LogP contribution in [-0.4, -0.2) is 48.4 Å². The largest absolute Gasteiger partial charge is 0.309 e. The highest BCUT2D eigenvalue weighted by molar-refractivity contribution is 6.05. The fourth-order valence-electron chi connectivity index (χ4n) is 2.60. The Morgan fingerprint density at radius 1 is 1.20 bits per heavy atom. The fraction of sp³-hybridized carbons (Fsp3) is 0.467. The first-order valence-electron chi connectivity index (χ1n) is 6.92. The molecule has 108 valence electrons. The minimum Gasteiger partial charge on any atom is -0.309 e. The van der Waals surface area contributed by atoms with Crippen LogP contribution in [0.5, 0.6) is 0 Å². The van der Waals surface area contributed by atoms with E-state index in [1.54, 1.807) is 24.3 Å². The molecule has 2 rings (SSSR count). The maximum absolute atomic E-state index is 11.9. The van der Waals surface area contributed by atoms with Gasteiger partial charge in [-0.15, -0.1) is 0 Å². The molecule has 2 N–H and O–H groups in total. The molecular weight excluding hydrogens is 254 g/mol. The quantitative estimate of drug-likeness (QED) is 0.849. The number of imide groups is 1. The highest BCUT2D eigenvalue weighted by Gasteiger charge is 2.23. The van der Waals surface area contributed by atoms with Crippen molar-refractivity contribution in [2.24, 2.45) is 0 Å². The van der Waals surface area contributed by atoms with Crippen LogP contribution in [0.1, 0.15) is 24.2 Å². The Hall–Kier alpha value is -1.72. The van der Waals surface area contributed by atoms with Crippen molar-refractivity contribution in [3.8, 4) is 0 Å². The van der Waals surface area contributed by atoms with E-state index in [1.165, 1.54) is 0 Å². The SMILES string of the molecule is CC1CN(CC(=O)NC(=O)c2ccccc2)CC(C)N1. The number of amides is 2. The van der Waals surface area contributed by atoms with E-state index < -0.39 is 0 Å². The Labute approximate surface area is 119 Å². The van der Waals surface area contributed by atoms with E-state index in [0.717, 1.165) is 13.1 Å². The predicted molar refractivity (Wildman–Crippen MR) is 77.4 cm³/mol. The van der Waals surface area contributed by atoms with Crippen molar-refractivity contribution in [3.05, 3.63) is 35.9 Å². The lowest BCUT2D eigenvalue weighted by Gasteiger charge is -2.35. The van der Waals surface area contributed by atoms with E-state index in [0.29, 0.717) is 17.6 Å². The van der Waals surface area contributed by atoms with Gasteiger partial charge in [-0.25, -0.2) is 0 Å². The normalized spacial score (nSPS) is 23.3. The molecule has 5 heteroatoms. The van der Waals surface area contributed by atoms with E-state index in [1.807, 2.05) is 6.07 Å². The third-order valence-electron chi connectivity index (χ3n) is 3.29. The molecular formula is C15H21N3O2. The Morgan fingerprint density at radius 2 is 1.80 bits per heavy atom. The summed E-state index contributed by atoms with van der Waals surface area (Å²) in [7, 11) is 0. The van der Waals surface area contributed by atoms with Gasteiger partial charge in [-0.05, 0) is 26.0 Å². The molecule has 2 atom stereocenters. The van der Waals surface area contributed by atoms with E-state index in [2.05, 4.69) is 29.4 Å². The van der Waals surface area contributed by atoms with Crippen molar-refractivity contribution in [3.63, 3.8) is 0 Å². The summed E-state index contributed by atoms with van der Waals surface area (Å²) >= 11 is 0. The summed E-state index contributed by atoms with van der Waals surface area (Å²) in [4.78, 5) is 25.8. The smallest absolute Gasteiger partial charge is 0.257 e. The number of piperazine rings is 1. The minimum atomic E-state index is -0.341. The summed E-state index contributed by atoms with van der Waals surface area (Å²) in [6, 6.07) is 9.49. The zero-order valence-corrected chi connectivity index (χ0v) is 11.9. The molecule has 1 aliphatic heterocycles. The summed E-state index contributed by atoms with van der Waals surface area (Å²) in [5.74, 6) is -0.591. The van der Waals surface area contributed by atoms with Crippen LogP contribution >= 0.6 is 0 Å². The number of nitrogens with zero attached hydrogens (tertiary/aromatic N) is 1. The van der Waals surface area contributed by atoms with Crippen LogP contribution in [0.2, 0.25) is 0 Å². The number of hydrogen-bond donors (Lipinski definition) is 2. The van der Waals surface area contributed by atoms with E-state index in [-0.39, 0.29) is 18.4 Å². The first-order chi connectivity index (χ1) is 9.54. The van der Waals surface area contributed by atoms with Crippen molar-refractivity contribution in [2.75, 3.05) is 19.6 Å². The summed E-state index contributed by atoms with van der Waals surface area (Å²) < 4.78 is 0. The van der Waals surface area contributed by atoms with E-state index in [9.17, 15) is 9.59 Å². The molecule has 2 unspecified atom stereocenters. The van der Waals surface area contributed by atoms with Gasteiger partial charge in [-0.2, -0.15) is 0 Å². The Balaban J connectivity index is 1.85. The maximum atomic E-state index is 11.9. The van der Waals surface area contributed by atoms with Gasteiger partial charge in [0.05, 0.1) is 6.54 Å². The molecule has 0 aliphatic carbocycles. The fourth-order valence-corrected chi connectivity index (χ4v) is 2.60. The molecule has 0 saturated carbocycles. The van der Waals surface area contributed by atoms with Crippen molar-refractivity contribution in [1.82, 2.24) is 15.5 Å². The third kappa shape index (κ3) is 4.15. The minimum absolute atomic E-state index is 0.250. The predicted octanol–water partition coefficient (Wildman–Crippen LogP) is 0.625. The van der Waals surface area contributed by atoms with Gasteiger partial charge in [0.15, 0.2) is 0 Å². The van der Waals surface area contributed by atoms with Crippen LogP contribution in [-0.2, 0) is 4.79 Å². The lowest BCUT2D eigenvalue weighted by molar-refractivity contribution is -0.121. The monoisotopic (exact) mass is 275 g/mol. The molecule has 0 aromatic heterocycles. The molecule has 2 amide bonds. The average molecular weight is 275 g/mol. The van der Waals surface area contributed by atoms with Gasteiger partial charge in [0.25, 0.3) is 5.91 Å². The van der Waals surface area contributed by atoms with Gasteiger partial charge < -0.3 is 5.32 Å². The van der Waals surface area contributed by atoms with Crippen LogP contribution in [0.4, 0.5) is 0 Å². The highest BCUT2D eigenvalue weighted by Crippen LogP contribution is 2.03. The molecule has 0 spiro atoms. The highest BCUT2D eigenvalue weighted by atomic mass is 16.2. The molecule has 0 radical (unpaired) electrons. The molecule has 1 aromatic carbocycles. The lowest BCUT2D eigenvalue weighted by atomic mass is 10.1. The summed E-state index contributed by atoms with van der Waals surface area (Å²) in [5, 5.41) is 5.84. The zero-order chi connectivity index (χ0) is 14.5. The van der Waals surface area contributed by atoms with E-state index in [4.69, 9.17) is 0 Å². The Morgan fingerprint density at radius 3 is 2.40 bits per heavy atom. The van der Waals surface area contributed by atoms with Crippen LogP contribution in [0, 0.1) is 0 Å². The second kappa shape index (κ2) is 6.63. The van der Waals surface area contributed by atoms with Crippen molar-refractivity contribution >= 4 is 11.8 Å². The van der Waals surface area contributed by atoms with Gasteiger partial charge in [-0.1, -0.05) is 18.2 Å². The van der Waals surface area contributed by atoms with Crippen LogP contribution in [0.3, 0.4) is 0 Å². The number of rotatable bonds is 3.